The largest absolute Gasteiger partial charge is 0.493 e. The molecule has 3 aromatic rings. The van der Waals surface area contributed by atoms with Gasteiger partial charge in [-0.2, -0.15) is 0 Å². The predicted molar refractivity (Wildman–Crippen MR) is 143 cm³/mol. The lowest BCUT2D eigenvalue weighted by Gasteiger charge is -2.32. The standard InChI is InChI=1S/C24H33N7O2S2/c1-15-22(16(2)35-24-27-20(25)14-21(26)28-24)29-23(34-15)17-5-6-18(32-4)19(13-17)33-12-11-31-9-7-30(3)8-10-31/h5-6,13-14,16H,7-12H2,1-4H3,(H4,25,26,27,28)/t16-/m1/s1. The number of thiazole rings is 1. The minimum Gasteiger partial charge on any atom is -0.493 e. The highest BCUT2D eigenvalue weighted by Gasteiger charge is 2.20. The zero-order chi connectivity index (χ0) is 24.9. The van der Waals surface area contributed by atoms with E-state index in [4.69, 9.17) is 25.9 Å². The summed E-state index contributed by atoms with van der Waals surface area (Å²) in [5.41, 5.74) is 13.6. The van der Waals surface area contributed by atoms with E-state index in [0.29, 0.717) is 23.4 Å². The molecule has 3 heterocycles. The van der Waals surface area contributed by atoms with Gasteiger partial charge in [-0.1, -0.05) is 11.8 Å². The summed E-state index contributed by atoms with van der Waals surface area (Å²) < 4.78 is 11.7. The Labute approximate surface area is 214 Å². The second-order valence-electron chi connectivity index (χ2n) is 8.58. The minimum atomic E-state index is 0.0405. The molecule has 1 aromatic carbocycles. The Morgan fingerprint density at radius 3 is 2.46 bits per heavy atom. The number of nitrogens with two attached hydrogens (primary N) is 2. The summed E-state index contributed by atoms with van der Waals surface area (Å²) >= 11 is 3.15. The van der Waals surface area contributed by atoms with Crippen molar-refractivity contribution < 1.29 is 9.47 Å². The van der Waals surface area contributed by atoms with Crippen molar-refractivity contribution in [2.45, 2.75) is 24.3 Å². The van der Waals surface area contributed by atoms with Crippen molar-refractivity contribution in [1.82, 2.24) is 24.8 Å². The first-order chi connectivity index (χ1) is 16.8. The highest BCUT2D eigenvalue weighted by Crippen LogP contribution is 2.40. The third kappa shape index (κ3) is 6.54. The number of likely N-dealkylation sites (N-methyl/N-ethyl adjacent to an activating group) is 1. The van der Waals surface area contributed by atoms with Crippen molar-refractivity contribution in [1.29, 1.82) is 0 Å². The van der Waals surface area contributed by atoms with Crippen molar-refractivity contribution in [3.63, 3.8) is 0 Å². The Balaban J connectivity index is 1.46. The number of benzene rings is 1. The first-order valence-electron chi connectivity index (χ1n) is 11.6. The summed E-state index contributed by atoms with van der Waals surface area (Å²) in [6.45, 7) is 10.0. The molecule has 0 unspecified atom stereocenters. The number of piperazine rings is 1. The third-order valence-electron chi connectivity index (χ3n) is 5.92. The van der Waals surface area contributed by atoms with Crippen molar-refractivity contribution >= 4 is 34.7 Å². The SMILES string of the molecule is COc1ccc(-c2nc([C@@H](C)Sc3nc(N)cc(N)n3)c(C)s2)cc1OCCN1CCN(C)CC1. The van der Waals surface area contributed by atoms with Gasteiger partial charge in [-0.05, 0) is 39.1 Å². The summed E-state index contributed by atoms with van der Waals surface area (Å²) in [6, 6.07) is 7.53. The number of thioether (sulfide) groups is 1. The van der Waals surface area contributed by atoms with Gasteiger partial charge in [0, 0.05) is 49.2 Å². The monoisotopic (exact) mass is 515 g/mol. The average molecular weight is 516 g/mol. The fourth-order valence-electron chi connectivity index (χ4n) is 3.92. The third-order valence-corrected chi connectivity index (χ3v) is 7.92. The van der Waals surface area contributed by atoms with Crippen molar-refractivity contribution in [3.05, 3.63) is 34.8 Å². The van der Waals surface area contributed by atoms with Crippen LogP contribution in [0.3, 0.4) is 0 Å². The lowest BCUT2D eigenvalue weighted by atomic mass is 10.2. The fraction of sp³-hybridized carbons (Fsp3) is 0.458. The fourth-order valence-corrected chi connectivity index (χ4v) is 5.97. The molecule has 1 aliphatic heterocycles. The molecule has 1 saturated heterocycles. The molecule has 188 valence electrons. The summed E-state index contributed by atoms with van der Waals surface area (Å²) in [6.07, 6.45) is 0. The van der Waals surface area contributed by atoms with Gasteiger partial charge in [-0.15, -0.1) is 11.3 Å². The zero-order valence-electron chi connectivity index (χ0n) is 20.7. The summed E-state index contributed by atoms with van der Waals surface area (Å²) in [5, 5.41) is 1.52. The number of nitrogens with zero attached hydrogens (tertiary/aromatic N) is 5. The molecule has 0 saturated carbocycles. The van der Waals surface area contributed by atoms with E-state index in [1.54, 1.807) is 24.5 Å². The Kier molecular flexibility index (Phi) is 8.32. The Bertz CT molecular complexity index is 1130. The number of ether oxygens (including phenoxy) is 2. The molecule has 9 nitrogen and oxygen atoms in total. The normalized spacial score (nSPS) is 15.8. The molecule has 0 spiro atoms. The molecule has 1 fully saturated rings. The number of nitrogen functional groups attached to an aromatic ring is 2. The number of anilines is 2. The van der Waals surface area contributed by atoms with Crippen LogP contribution in [0.15, 0.2) is 29.4 Å². The van der Waals surface area contributed by atoms with Crippen LogP contribution >= 0.6 is 23.1 Å². The van der Waals surface area contributed by atoms with Gasteiger partial charge < -0.3 is 25.8 Å². The number of methoxy groups -OCH3 is 1. The summed E-state index contributed by atoms with van der Waals surface area (Å²) in [5.74, 6) is 2.18. The molecule has 0 bridgehead atoms. The van der Waals surface area contributed by atoms with Gasteiger partial charge >= 0.3 is 0 Å². The van der Waals surface area contributed by atoms with Gasteiger partial charge in [0.25, 0.3) is 0 Å². The van der Waals surface area contributed by atoms with E-state index < -0.39 is 0 Å². The quantitative estimate of drug-likeness (QED) is 0.324. The number of aromatic nitrogens is 3. The smallest absolute Gasteiger partial charge is 0.192 e. The molecule has 1 atom stereocenters. The lowest BCUT2D eigenvalue weighted by Crippen LogP contribution is -2.45. The van der Waals surface area contributed by atoms with E-state index in [1.807, 2.05) is 18.2 Å². The van der Waals surface area contributed by atoms with Crippen molar-refractivity contribution in [3.8, 4) is 22.1 Å². The number of rotatable bonds is 9. The van der Waals surface area contributed by atoms with Gasteiger partial charge in [0.05, 0.1) is 18.1 Å². The number of hydrogen-bond acceptors (Lipinski definition) is 11. The van der Waals surface area contributed by atoms with E-state index in [1.165, 1.54) is 11.8 Å². The second-order valence-corrected chi connectivity index (χ2v) is 11.1. The van der Waals surface area contributed by atoms with E-state index in [9.17, 15) is 0 Å². The van der Waals surface area contributed by atoms with Crippen LogP contribution < -0.4 is 20.9 Å². The van der Waals surface area contributed by atoms with Crippen LogP contribution in [0.1, 0.15) is 22.7 Å². The Morgan fingerprint density at radius 1 is 1.06 bits per heavy atom. The topological polar surface area (TPSA) is 116 Å². The molecule has 4 N–H and O–H groups in total. The van der Waals surface area contributed by atoms with E-state index in [-0.39, 0.29) is 5.25 Å². The molecule has 2 aromatic heterocycles. The van der Waals surface area contributed by atoms with Crippen LogP contribution in [-0.2, 0) is 0 Å². The molecule has 11 heteroatoms. The van der Waals surface area contributed by atoms with Crippen molar-refractivity contribution in [2.75, 3.05) is 65.0 Å². The average Bonchev–Trinajstić information content (AvgIpc) is 3.21. The maximum Gasteiger partial charge on any atom is 0.192 e. The van der Waals surface area contributed by atoms with Crippen LogP contribution in [0.5, 0.6) is 11.5 Å². The number of hydrogen-bond donors (Lipinski definition) is 2. The zero-order valence-corrected chi connectivity index (χ0v) is 22.3. The van der Waals surface area contributed by atoms with Gasteiger partial charge in [0.2, 0.25) is 0 Å². The minimum absolute atomic E-state index is 0.0405. The molecule has 0 radical (unpaired) electrons. The maximum atomic E-state index is 6.16. The predicted octanol–water partition coefficient (Wildman–Crippen LogP) is 3.56. The van der Waals surface area contributed by atoms with Gasteiger partial charge in [0.15, 0.2) is 16.7 Å². The molecule has 1 aliphatic rings. The molecule has 0 aliphatic carbocycles. The van der Waals surface area contributed by atoms with Crippen molar-refractivity contribution in [2.24, 2.45) is 0 Å². The van der Waals surface area contributed by atoms with Crippen LogP contribution in [0.4, 0.5) is 11.6 Å². The van der Waals surface area contributed by atoms with E-state index in [0.717, 1.165) is 65.4 Å². The number of aryl methyl sites for hydroxylation is 1. The molecule has 0 amide bonds. The maximum absolute atomic E-state index is 6.16. The highest BCUT2D eigenvalue weighted by molar-refractivity contribution is 7.99. The van der Waals surface area contributed by atoms with Crippen LogP contribution in [-0.4, -0.2) is 78.2 Å². The molecule has 4 rings (SSSR count). The molecular formula is C24H33N7O2S2. The Hall–Kier alpha value is -2.60. The Morgan fingerprint density at radius 2 is 1.77 bits per heavy atom. The molecular weight excluding hydrogens is 482 g/mol. The van der Waals surface area contributed by atoms with Crippen LogP contribution in [0.2, 0.25) is 0 Å². The first kappa shape index (κ1) is 25.5. The van der Waals surface area contributed by atoms with E-state index in [2.05, 4.69) is 40.7 Å². The van der Waals surface area contributed by atoms with Gasteiger partial charge in [0.1, 0.15) is 23.3 Å². The molecule has 35 heavy (non-hydrogen) atoms. The van der Waals surface area contributed by atoms with Gasteiger partial charge in [-0.3, -0.25) is 4.90 Å². The van der Waals surface area contributed by atoms with Crippen LogP contribution in [0.25, 0.3) is 10.6 Å². The lowest BCUT2D eigenvalue weighted by molar-refractivity contribution is 0.133. The van der Waals surface area contributed by atoms with E-state index >= 15 is 0 Å². The highest BCUT2D eigenvalue weighted by atomic mass is 32.2. The second kappa shape index (κ2) is 11.4. The first-order valence-corrected chi connectivity index (χ1v) is 13.3. The van der Waals surface area contributed by atoms with Gasteiger partial charge in [-0.25, -0.2) is 15.0 Å². The summed E-state index contributed by atoms with van der Waals surface area (Å²) in [4.78, 5) is 19.4. The summed E-state index contributed by atoms with van der Waals surface area (Å²) in [7, 11) is 3.83. The van der Waals surface area contributed by atoms with Crippen LogP contribution in [0, 0.1) is 6.92 Å².